The molecule has 1 heterocycles. The Bertz CT molecular complexity index is 776. The van der Waals surface area contributed by atoms with Gasteiger partial charge in [-0.1, -0.05) is 24.3 Å². The molecule has 1 saturated heterocycles. The van der Waals surface area contributed by atoms with Crippen LogP contribution in [0.15, 0.2) is 48.5 Å². The quantitative estimate of drug-likeness (QED) is 0.757. The topological polar surface area (TPSA) is 53.0 Å². The Kier molecular flexibility index (Phi) is 6.42. The van der Waals surface area contributed by atoms with Gasteiger partial charge in [-0.3, -0.25) is 9.69 Å². The molecular weight excluding hydrogens is 347 g/mol. The van der Waals surface area contributed by atoms with Crippen molar-refractivity contribution in [2.75, 3.05) is 44.2 Å². The van der Waals surface area contributed by atoms with Crippen molar-refractivity contribution in [3.63, 3.8) is 0 Å². The number of carbonyl (C=O) groups is 1. The Hall–Kier alpha value is -2.44. The van der Waals surface area contributed by atoms with Crippen molar-refractivity contribution in [1.82, 2.24) is 4.90 Å². The van der Waals surface area contributed by atoms with E-state index in [0.29, 0.717) is 23.5 Å². The molecule has 0 bridgehead atoms. The minimum absolute atomic E-state index is 0.0197. The third-order valence-electron chi connectivity index (χ3n) is 4.72. The van der Waals surface area contributed by atoms with Crippen LogP contribution in [0.5, 0.6) is 5.75 Å². The summed E-state index contributed by atoms with van der Waals surface area (Å²) in [5.74, 6) is 0.354. The molecule has 1 aliphatic heterocycles. The number of ketones is 1. The zero-order chi connectivity index (χ0) is 19.2. The second kappa shape index (κ2) is 8.97. The summed E-state index contributed by atoms with van der Waals surface area (Å²) in [5.41, 5.74) is 1.22. The summed E-state index contributed by atoms with van der Waals surface area (Å²) < 4.78 is 19.5. The molecule has 0 amide bonds. The molecule has 3 rings (SSSR count). The van der Waals surface area contributed by atoms with Crippen LogP contribution in [0.4, 0.5) is 10.1 Å². The molecule has 0 saturated carbocycles. The SMILES string of the molecule is CC(=O)c1cccc(OCC(O)CN2CCN(c3ccccc3F)CC2)c1. The maximum atomic E-state index is 13.9. The largest absolute Gasteiger partial charge is 0.491 e. The van der Waals surface area contributed by atoms with Crippen LogP contribution in [0.25, 0.3) is 0 Å². The fourth-order valence-corrected chi connectivity index (χ4v) is 3.23. The number of halogens is 1. The number of benzene rings is 2. The number of Topliss-reactive ketones (excluding diaryl/α,β-unsaturated/α-hetero) is 1. The first-order valence-electron chi connectivity index (χ1n) is 9.16. The highest BCUT2D eigenvalue weighted by atomic mass is 19.1. The van der Waals surface area contributed by atoms with Crippen LogP contribution in [-0.2, 0) is 0 Å². The summed E-state index contributed by atoms with van der Waals surface area (Å²) in [4.78, 5) is 15.6. The van der Waals surface area contributed by atoms with Crippen molar-refractivity contribution >= 4 is 11.5 Å². The molecule has 1 aliphatic rings. The first-order chi connectivity index (χ1) is 13.0. The third kappa shape index (κ3) is 5.28. The first kappa shape index (κ1) is 19.3. The fourth-order valence-electron chi connectivity index (χ4n) is 3.23. The van der Waals surface area contributed by atoms with Gasteiger partial charge in [-0.2, -0.15) is 0 Å². The minimum atomic E-state index is -0.633. The van der Waals surface area contributed by atoms with Crippen LogP contribution >= 0.6 is 0 Å². The average Bonchev–Trinajstić information content (AvgIpc) is 2.68. The normalized spacial score (nSPS) is 16.2. The number of hydrogen-bond donors (Lipinski definition) is 1. The zero-order valence-corrected chi connectivity index (χ0v) is 15.5. The van der Waals surface area contributed by atoms with Crippen LogP contribution in [0, 0.1) is 5.82 Å². The zero-order valence-electron chi connectivity index (χ0n) is 15.5. The van der Waals surface area contributed by atoms with E-state index in [1.807, 2.05) is 11.0 Å². The molecule has 2 aromatic rings. The summed E-state index contributed by atoms with van der Waals surface area (Å²) in [5, 5.41) is 10.3. The number of β-amino-alcohol motifs (C(OH)–C–C–N with tert-alkyl or cyclic N) is 1. The highest BCUT2D eigenvalue weighted by Crippen LogP contribution is 2.20. The molecular formula is C21H25FN2O3. The lowest BCUT2D eigenvalue weighted by molar-refractivity contribution is 0.0662. The Morgan fingerprint density at radius 2 is 1.89 bits per heavy atom. The van der Waals surface area contributed by atoms with Crippen LogP contribution in [0.1, 0.15) is 17.3 Å². The van der Waals surface area contributed by atoms with E-state index in [-0.39, 0.29) is 18.2 Å². The van der Waals surface area contributed by atoms with E-state index >= 15 is 0 Å². The Balaban J connectivity index is 1.44. The van der Waals surface area contributed by atoms with Crippen molar-refractivity contribution in [1.29, 1.82) is 0 Å². The van der Waals surface area contributed by atoms with Crippen LogP contribution in [0.3, 0.4) is 0 Å². The summed E-state index contributed by atoms with van der Waals surface area (Å²) >= 11 is 0. The molecule has 0 radical (unpaired) electrons. The summed E-state index contributed by atoms with van der Waals surface area (Å²) in [6.07, 6.45) is -0.633. The molecule has 1 N–H and O–H groups in total. The third-order valence-corrected chi connectivity index (χ3v) is 4.72. The number of aliphatic hydroxyl groups excluding tert-OH is 1. The molecule has 6 heteroatoms. The smallest absolute Gasteiger partial charge is 0.159 e. The van der Waals surface area contributed by atoms with Gasteiger partial charge in [0.25, 0.3) is 0 Å². The number of carbonyl (C=O) groups excluding carboxylic acids is 1. The van der Waals surface area contributed by atoms with Crippen LogP contribution in [0.2, 0.25) is 0 Å². The van der Waals surface area contributed by atoms with Gasteiger partial charge in [0.1, 0.15) is 24.3 Å². The van der Waals surface area contributed by atoms with E-state index in [9.17, 15) is 14.3 Å². The molecule has 1 fully saturated rings. The van der Waals surface area contributed by atoms with Crippen molar-refractivity contribution < 1.29 is 19.0 Å². The van der Waals surface area contributed by atoms with Crippen LogP contribution in [-0.4, -0.2) is 61.2 Å². The maximum absolute atomic E-state index is 13.9. The molecule has 2 aromatic carbocycles. The van der Waals surface area contributed by atoms with E-state index in [1.54, 1.807) is 36.4 Å². The standard InChI is InChI=1S/C21H25FN2O3/c1-16(25)17-5-4-6-19(13-17)27-15-18(26)14-23-9-11-24(12-10-23)21-8-3-2-7-20(21)22/h2-8,13,18,26H,9-12,14-15H2,1H3. The molecule has 27 heavy (non-hydrogen) atoms. The highest BCUT2D eigenvalue weighted by Gasteiger charge is 2.21. The average molecular weight is 372 g/mol. The number of nitrogens with zero attached hydrogens (tertiary/aromatic N) is 2. The Labute approximate surface area is 159 Å². The molecule has 0 aromatic heterocycles. The monoisotopic (exact) mass is 372 g/mol. The number of hydrogen-bond acceptors (Lipinski definition) is 5. The van der Waals surface area contributed by atoms with Crippen LogP contribution < -0.4 is 9.64 Å². The lowest BCUT2D eigenvalue weighted by Gasteiger charge is -2.36. The number of ether oxygens (including phenoxy) is 1. The molecule has 1 unspecified atom stereocenters. The predicted octanol–water partition coefficient (Wildman–Crippen LogP) is 2.59. The fraction of sp³-hybridized carbons (Fsp3) is 0.381. The van der Waals surface area contributed by atoms with Crippen molar-refractivity contribution in [3.05, 3.63) is 59.9 Å². The maximum Gasteiger partial charge on any atom is 0.159 e. The van der Waals surface area contributed by atoms with Crippen molar-refractivity contribution in [3.8, 4) is 5.75 Å². The Morgan fingerprint density at radius 3 is 2.59 bits per heavy atom. The van der Waals surface area contributed by atoms with E-state index < -0.39 is 6.10 Å². The number of piperazine rings is 1. The van der Waals surface area contributed by atoms with Gasteiger partial charge in [-0.15, -0.1) is 0 Å². The first-order valence-corrected chi connectivity index (χ1v) is 9.16. The molecule has 5 nitrogen and oxygen atoms in total. The van der Waals surface area contributed by atoms with E-state index in [2.05, 4.69) is 4.90 Å². The molecule has 0 aliphatic carbocycles. The highest BCUT2D eigenvalue weighted by molar-refractivity contribution is 5.94. The minimum Gasteiger partial charge on any atom is -0.491 e. The van der Waals surface area contributed by atoms with Gasteiger partial charge in [0.15, 0.2) is 5.78 Å². The lowest BCUT2D eigenvalue weighted by Crippen LogP contribution is -2.49. The summed E-state index contributed by atoms with van der Waals surface area (Å²) in [6, 6.07) is 13.8. The van der Waals surface area contributed by atoms with Crippen molar-refractivity contribution in [2.45, 2.75) is 13.0 Å². The number of aliphatic hydroxyl groups is 1. The summed E-state index contributed by atoms with van der Waals surface area (Å²) in [7, 11) is 0. The van der Waals surface area contributed by atoms with Gasteiger partial charge in [0.05, 0.1) is 5.69 Å². The second-order valence-electron chi connectivity index (χ2n) is 6.79. The van der Waals surface area contributed by atoms with Gasteiger partial charge >= 0.3 is 0 Å². The number of para-hydroxylation sites is 1. The van der Waals surface area contributed by atoms with Gasteiger partial charge in [-0.25, -0.2) is 4.39 Å². The van der Waals surface area contributed by atoms with E-state index in [0.717, 1.165) is 26.2 Å². The van der Waals surface area contributed by atoms with Crippen molar-refractivity contribution in [2.24, 2.45) is 0 Å². The van der Waals surface area contributed by atoms with E-state index in [1.165, 1.54) is 13.0 Å². The van der Waals surface area contributed by atoms with E-state index in [4.69, 9.17) is 4.74 Å². The van der Waals surface area contributed by atoms with Gasteiger partial charge < -0.3 is 14.7 Å². The van der Waals surface area contributed by atoms with Gasteiger partial charge in [0, 0.05) is 38.3 Å². The number of rotatable bonds is 7. The second-order valence-corrected chi connectivity index (χ2v) is 6.79. The number of anilines is 1. The molecule has 144 valence electrons. The van der Waals surface area contributed by atoms with Gasteiger partial charge in [-0.05, 0) is 31.2 Å². The Morgan fingerprint density at radius 1 is 1.15 bits per heavy atom. The molecule has 1 atom stereocenters. The predicted molar refractivity (Wildman–Crippen MR) is 103 cm³/mol. The molecule has 0 spiro atoms. The van der Waals surface area contributed by atoms with Gasteiger partial charge in [0.2, 0.25) is 0 Å². The lowest BCUT2D eigenvalue weighted by atomic mass is 10.1. The summed E-state index contributed by atoms with van der Waals surface area (Å²) in [6.45, 7) is 5.11.